The van der Waals surface area contributed by atoms with Gasteiger partial charge in [-0.05, 0) is 70.4 Å². The lowest BCUT2D eigenvalue weighted by atomic mass is 9.97. The molecule has 2 unspecified atom stereocenters. The van der Waals surface area contributed by atoms with E-state index >= 15 is 0 Å². The summed E-state index contributed by atoms with van der Waals surface area (Å²) in [4.78, 5) is 121. The number of rotatable bonds is 40. The fourth-order valence-electron chi connectivity index (χ4n) is 9.09. The van der Waals surface area contributed by atoms with E-state index in [0.29, 0.717) is 136 Å². The van der Waals surface area contributed by atoms with E-state index in [-0.39, 0.29) is 93.5 Å². The van der Waals surface area contributed by atoms with E-state index in [1.807, 2.05) is 37.4 Å². The fraction of sp³-hybridized carbons (Fsp3) is 0.704. The molecule has 1 aromatic carbocycles. The fourth-order valence-corrected chi connectivity index (χ4v) is 9.09. The number of aliphatic carboxylic acids is 2. The predicted molar refractivity (Wildman–Crippen MR) is 299 cm³/mol. The summed E-state index contributed by atoms with van der Waals surface area (Å²) in [6.07, 6.45) is 8.33. The average molecular weight is 1120 g/mol. The van der Waals surface area contributed by atoms with Crippen molar-refractivity contribution in [3.8, 4) is 0 Å². The Bertz CT molecular complexity index is 1970. The Kier molecular flexibility index (Phi) is 36.8. The van der Waals surface area contributed by atoms with Crippen LogP contribution in [0.3, 0.4) is 0 Å². The van der Waals surface area contributed by atoms with Crippen LogP contribution in [0.15, 0.2) is 30.3 Å². The van der Waals surface area contributed by atoms with E-state index in [2.05, 4.69) is 63.8 Å². The Morgan fingerprint density at radius 1 is 0.608 bits per heavy atom. The number of hydrogen-bond acceptors (Lipinski definition) is 17. The zero-order valence-corrected chi connectivity index (χ0v) is 46.5. The number of nitrogens with one attached hydrogen (secondary N) is 12. The number of nitrogens with two attached hydrogens (primary N) is 1. The minimum Gasteiger partial charge on any atom is -0.481 e. The smallest absolute Gasteiger partial charge is 0.320 e. The van der Waals surface area contributed by atoms with Crippen molar-refractivity contribution in [1.82, 2.24) is 63.8 Å². The minimum atomic E-state index is -1.22. The third-order valence-electron chi connectivity index (χ3n) is 13.3. The van der Waals surface area contributed by atoms with Crippen molar-refractivity contribution < 1.29 is 58.2 Å². The number of carboxylic acid groups (broad SMARTS) is 2. The first-order chi connectivity index (χ1) is 38.1. The van der Waals surface area contributed by atoms with Gasteiger partial charge in [0, 0.05) is 130 Å². The van der Waals surface area contributed by atoms with E-state index in [1.54, 1.807) is 0 Å². The maximum Gasteiger partial charge on any atom is 0.320 e. The van der Waals surface area contributed by atoms with Gasteiger partial charge in [0.15, 0.2) is 0 Å². The molecule has 1 aromatic rings. The summed E-state index contributed by atoms with van der Waals surface area (Å²) in [6.45, 7) is 5.30. The van der Waals surface area contributed by atoms with Gasteiger partial charge in [0.25, 0.3) is 0 Å². The van der Waals surface area contributed by atoms with E-state index in [4.69, 9.17) is 10.8 Å². The SMILES string of the molecule is CNCC1(NC(=O)CCCC(=O)NC(CC(=O)NCCCCCCCC(=O)NCCCCC(C=O)N[C@@H](CCC(=O)O)C(=O)O)Cc2ccccc2)CNCCNCC(CN)(NC(=O)CCCC(=O)NCC=O)CNCCNC1. The minimum absolute atomic E-state index is 0.0638. The average Bonchev–Trinajstić information content (AvgIpc) is 3.41. The van der Waals surface area contributed by atoms with Gasteiger partial charge in [-0.1, -0.05) is 49.6 Å². The van der Waals surface area contributed by atoms with Gasteiger partial charge in [-0.2, -0.15) is 0 Å². The lowest BCUT2D eigenvalue weighted by molar-refractivity contribution is -0.141. The second kappa shape index (κ2) is 42.0. The lowest BCUT2D eigenvalue weighted by Gasteiger charge is -2.37. The molecule has 1 aliphatic heterocycles. The quantitative estimate of drug-likeness (QED) is 0.0256. The molecule has 16 N–H and O–H groups in total. The van der Waals surface area contributed by atoms with Gasteiger partial charge < -0.3 is 84.0 Å². The summed E-state index contributed by atoms with van der Waals surface area (Å²) >= 11 is 0. The van der Waals surface area contributed by atoms with Crippen LogP contribution in [0.5, 0.6) is 0 Å². The molecule has 25 nitrogen and oxygen atoms in total. The second-order valence-electron chi connectivity index (χ2n) is 20.4. The Morgan fingerprint density at radius 3 is 1.70 bits per heavy atom. The van der Waals surface area contributed by atoms with E-state index < -0.39 is 41.1 Å². The number of aldehydes is 2. The first-order valence-electron chi connectivity index (χ1n) is 28.1. The zero-order chi connectivity index (χ0) is 58.0. The number of benzene rings is 1. The van der Waals surface area contributed by atoms with Crippen molar-refractivity contribution in [3.63, 3.8) is 0 Å². The van der Waals surface area contributed by atoms with Crippen molar-refractivity contribution in [2.24, 2.45) is 5.73 Å². The lowest BCUT2D eigenvalue weighted by Crippen LogP contribution is -2.66. The Hall–Kier alpha value is -5.96. The molecule has 0 spiro atoms. The predicted octanol–water partition coefficient (Wildman–Crippen LogP) is -1.76. The molecule has 3 atom stereocenters. The van der Waals surface area contributed by atoms with Gasteiger partial charge in [-0.3, -0.25) is 43.7 Å². The first-order valence-corrected chi connectivity index (χ1v) is 28.1. The van der Waals surface area contributed by atoms with Crippen LogP contribution in [0.25, 0.3) is 0 Å². The molecule has 0 saturated carbocycles. The highest BCUT2D eigenvalue weighted by Gasteiger charge is 2.33. The molecule has 0 aliphatic carbocycles. The van der Waals surface area contributed by atoms with Gasteiger partial charge in [0.05, 0.1) is 23.7 Å². The van der Waals surface area contributed by atoms with E-state index in [9.17, 15) is 53.1 Å². The highest BCUT2D eigenvalue weighted by atomic mass is 16.4. The normalized spacial score (nSPS) is 18.3. The van der Waals surface area contributed by atoms with E-state index in [1.165, 1.54) is 0 Å². The third kappa shape index (κ3) is 33.3. The Labute approximate surface area is 465 Å². The topological polar surface area (TPSA) is 382 Å². The molecule has 1 fully saturated rings. The summed E-state index contributed by atoms with van der Waals surface area (Å²) in [5.41, 5.74) is 5.72. The standard InChI is InChI=1S/C54H93N13O12/c1-56-36-54(39-59-28-26-57-37-53(35-55,38-58-27-29-60-40-54)66-48(73)20-12-18-46(71)63-30-31-68)67-49(74)21-13-19-47(72)65-43(32-41-14-6-5-7-15-41)33-50(75)62-24-10-4-2-3-8-17-45(70)61-25-11-9-16-42(34-69)64-44(52(78)79)22-23-51(76)77/h5-7,14-15,31,34,42-44,56-60,64H,2-4,8-13,16-30,32-33,35-40,55H2,1H3,(H,61,70)(H,62,75)(H,63,71)(H,65,72)(H,66,73)(H,67,74)(H,76,77)(H,78,79)/t42?,43?,44-,53?,54?/m0/s1. The molecule has 25 heteroatoms. The summed E-state index contributed by atoms with van der Waals surface area (Å²) < 4.78 is 0. The highest BCUT2D eigenvalue weighted by molar-refractivity contribution is 5.82. The number of likely N-dealkylation sites (N-methyl/N-ethyl adjacent to an activating group) is 1. The zero-order valence-electron chi connectivity index (χ0n) is 46.5. The van der Waals surface area contributed by atoms with Gasteiger partial charge in [-0.25, -0.2) is 0 Å². The number of carbonyl (C=O) groups excluding carboxylic acids is 8. The van der Waals surface area contributed by atoms with Gasteiger partial charge >= 0.3 is 11.9 Å². The number of carbonyl (C=O) groups is 10. The molecule has 0 radical (unpaired) electrons. The van der Waals surface area contributed by atoms with Crippen molar-refractivity contribution >= 4 is 60.0 Å². The second-order valence-corrected chi connectivity index (χ2v) is 20.4. The van der Waals surface area contributed by atoms with Gasteiger partial charge in [-0.15, -0.1) is 0 Å². The van der Waals surface area contributed by atoms with Crippen LogP contribution in [0.4, 0.5) is 0 Å². The molecular weight excluding hydrogens is 1020 g/mol. The number of amides is 6. The molecule has 6 amide bonds. The Balaban J connectivity index is 1.75. The van der Waals surface area contributed by atoms with Crippen molar-refractivity contribution in [3.05, 3.63) is 35.9 Å². The molecule has 1 saturated heterocycles. The van der Waals surface area contributed by atoms with Crippen LogP contribution in [-0.4, -0.2) is 191 Å². The molecule has 446 valence electrons. The van der Waals surface area contributed by atoms with Crippen LogP contribution < -0.4 is 69.5 Å². The van der Waals surface area contributed by atoms with Crippen molar-refractivity contribution in [2.45, 2.75) is 151 Å². The summed E-state index contributed by atoms with van der Waals surface area (Å²) in [6, 6.07) is 7.27. The first kappa shape index (κ1) is 69.1. The molecule has 1 aliphatic rings. The number of hydrogen-bond donors (Lipinski definition) is 15. The Morgan fingerprint density at radius 2 is 1.13 bits per heavy atom. The van der Waals surface area contributed by atoms with Gasteiger partial charge in [0.1, 0.15) is 18.6 Å². The molecule has 0 aromatic heterocycles. The van der Waals surface area contributed by atoms with Gasteiger partial charge in [0.2, 0.25) is 35.4 Å². The summed E-state index contributed by atoms with van der Waals surface area (Å²) in [5.74, 6) is -3.56. The maximum atomic E-state index is 13.5. The number of carboxylic acids is 2. The number of unbranched alkanes of at least 4 members (excludes halogenated alkanes) is 5. The largest absolute Gasteiger partial charge is 0.481 e. The molecule has 0 bridgehead atoms. The van der Waals surface area contributed by atoms with Crippen molar-refractivity contribution in [1.29, 1.82) is 0 Å². The molecule has 2 rings (SSSR count). The maximum absolute atomic E-state index is 13.5. The van der Waals surface area contributed by atoms with Crippen LogP contribution >= 0.6 is 0 Å². The molecule has 79 heavy (non-hydrogen) atoms. The summed E-state index contributed by atoms with van der Waals surface area (Å²) in [5, 5.41) is 55.4. The van der Waals surface area contributed by atoms with Crippen LogP contribution in [0.2, 0.25) is 0 Å². The molecular formula is C54H93N13O12. The van der Waals surface area contributed by atoms with Crippen molar-refractivity contribution in [2.75, 3.05) is 92.1 Å². The van der Waals surface area contributed by atoms with E-state index in [0.717, 1.165) is 31.2 Å². The molecule has 1 heterocycles. The van der Waals surface area contributed by atoms with Crippen LogP contribution in [0.1, 0.15) is 121 Å². The summed E-state index contributed by atoms with van der Waals surface area (Å²) in [7, 11) is 1.82. The third-order valence-corrected chi connectivity index (χ3v) is 13.3. The van der Waals surface area contributed by atoms with Crippen LogP contribution in [0, 0.1) is 0 Å². The highest BCUT2D eigenvalue weighted by Crippen LogP contribution is 2.11. The monoisotopic (exact) mass is 1120 g/mol. The van der Waals surface area contributed by atoms with Crippen LogP contribution in [-0.2, 0) is 54.4 Å².